The van der Waals surface area contributed by atoms with Crippen molar-refractivity contribution < 1.29 is 14.3 Å². The maximum atomic E-state index is 13.0. The highest BCUT2D eigenvalue weighted by atomic mass is 35.5. The summed E-state index contributed by atoms with van der Waals surface area (Å²) in [6, 6.07) is 13.4. The molecule has 0 radical (unpaired) electrons. The van der Waals surface area contributed by atoms with Crippen molar-refractivity contribution in [1.82, 2.24) is 10.2 Å². The highest BCUT2D eigenvalue weighted by Gasteiger charge is 2.29. The molecule has 2 aromatic rings. The summed E-state index contributed by atoms with van der Waals surface area (Å²) in [6.07, 6.45) is 0.331. The van der Waals surface area contributed by atoms with Gasteiger partial charge in [0.15, 0.2) is 11.5 Å². The van der Waals surface area contributed by atoms with Crippen molar-refractivity contribution in [2.24, 2.45) is 0 Å². The van der Waals surface area contributed by atoms with Crippen LogP contribution in [0.15, 0.2) is 42.5 Å². The van der Waals surface area contributed by atoms with Crippen molar-refractivity contribution in [2.45, 2.75) is 12.5 Å². The molecule has 0 bridgehead atoms. The Kier molecular flexibility index (Phi) is 5.00. The minimum Gasteiger partial charge on any atom is -0.486 e. The molecule has 1 saturated heterocycles. The molecule has 1 unspecified atom stereocenters. The van der Waals surface area contributed by atoms with Gasteiger partial charge in [0.05, 0.1) is 12.5 Å². The van der Waals surface area contributed by atoms with Crippen molar-refractivity contribution in [3.63, 3.8) is 0 Å². The van der Waals surface area contributed by atoms with Crippen molar-refractivity contribution in [2.75, 3.05) is 32.8 Å². The Bertz CT molecular complexity index is 811. The number of rotatable bonds is 3. The van der Waals surface area contributed by atoms with Gasteiger partial charge in [-0.2, -0.15) is 0 Å². The van der Waals surface area contributed by atoms with Crippen LogP contribution in [-0.2, 0) is 11.2 Å². The predicted molar refractivity (Wildman–Crippen MR) is 99.9 cm³/mol. The average molecular weight is 373 g/mol. The average Bonchev–Trinajstić information content (AvgIpc) is 2.68. The first-order valence-electron chi connectivity index (χ1n) is 8.85. The lowest BCUT2D eigenvalue weighted by Crippen LogP contribution is -2.49. The number of nitrogens with zero attached hydrogens (tertiary/aromatic N) is 1. The Labute approximate surface area is 157 Å². The zero-order valence-corrected chi connectivity index (χ0v) is 15.2. The summed E-state index contributed by atoms with van der Waals surface area (Å²) in [6.45, 7) is 3.26. The summed E-state index contributed by atoms with van der Waals surface area (Å²) in [5, 5.41) is 4.05. The number of halogens is 1. The Hall–Kier alpha value is -2.24. The molecule has 2 aliphatic rings. The minimum atomic E-state index is -0.0536. The largest absolute Gasteiger partial charge is 0.486 e. The molecular weight excluding hydrogens is 352 g/mol. The van der Waals surface area contributed by atoms with Gasteiger partial charge < -0.3 is 19.7 Å². The Morgan fingerprint density at radius 3 is 2.81 bits per heavy atom. The zero-order chi connectivity index (χ0) is 17.9. The van der Waals surface area contributed by atoms with Gasteiger partial charge in [0, 0.05) is 24.7 Å². The zero-order valence-electron chi connectivity index (χ0n) is 14.4. The molecule has 1 N–H and O–H groups in total. The predicted octanol–water partition coefficient (Wildman–Crippen LogP) is 2.83. The fourth-order valence-corrected chi connectivity index (χ4v) is 3.76. The van der Waals surface area contributed by atoms with Gasteiger partial charge in [-0.25, -0.2) is 0 Å². The van der Waals surface area contributed by atoms with Crippen LogP contribution >= 0.6 is 11.6 Å². The van der Waals surface area contributed by atoms with E-state index in [2.05, 4.69) is 5.32 Å². The number of carbonyl (C=O) groups is 1. The lowest BCUT2D eigenvalue weighted by molar-refractivity contribution is -0.133. The number of hydrogen-bond donors (Lipinski definition) is 1. The van der Waals surface area contributed by atoms with Crippen LogP contribution in [0.1, 0.15) is 17.2 Å². The van der Waals surface area contributed by atoms with E-state index in [4.69, 9.17) is 21.1 Å². The maximum Gasteiger partial charge on any atom is 0.227 e. The van der Waals surface area contributed by atoms with Gasteiger partial charge in [0.2, 0.25) is 5.91 Å². The number of piperazine rings is 1. The Balaban J connectivity index is 1.53. The molecule has 5 nitrogen and oxygen atoms in total. The van der Waals surface area contributed by atoms with Gasteiger partial charge in [-0.3, -0.25) is 4.79 Å². The lowest BCUT2D eigenvalue weighted by atomic mass is 10.0. The molecule has 0 saturated carbocycles. The molecule has 2 aliphatic heterocycles. The third-order valence-electron chi connectivity index (χ3n) is 4.79. The number of nitrogens with one attached hydrogen (secondary N) is 1. The molecule has 0 spiro atoms. The van der Waals surface area contributed by atoms with Gasteiger partial charge in [0.1, 0.15) is 13.2 Å². The van der Waals surface area contributed by atoms with Gasteiger partial charge in [-0.15, -0.1) is 0 Å². The summed E-state index contributed by atoms with van der Waals surface area (Å²) in [4.78, 5) is 14.9. The fourth-order valence-electron chi connectivity index (χ4n) is 3.50. The molecule has 2 aromatic carbocycles. The third kappa shape index (κ3) is 3.50. The Morgan fingerprint density at radius 1 is 1.15 bits per heavy atom. The number of hydrogen-bond acceptors (Lipinski definition) is 4. The topological polar surface area (TPSA) is 50.8 Å². The number of ether oxygens (including phenoxy) is 2. The Morgan fingerprint density at radius 2 is 1.96 bits per heavy atom. The van der Waals surface area contributed by atoms with Crippen LogP contribution in [-0.4, -0.2) is 43.7 Å². The number of amides is 1. The van der Waals surface area contributed by atoms with Crippen LogP contribution < -0.4 is 14.8 Å². The number of carbonyl (C=O) groups excluding carboxylic acids is 1. The van der Waals surface area contributed by atoms with Crippen LogP contribution in [0.3, 0.4) is 0 Å². The summed E-state index contributed by atoms with van der Waals surface area (Å²) < 4.78 is 11.2. The van der Waals surface area contributed by atoms with Crippen molar-refractivity contribution in [3.05, 3.63) is 58.6 Å². The first-order chi connectivity index (χ1) is 12.7. The lowest BCUT2D eigenvalue weighted by Gasteiger charge is -2.37. The van der Waals surface area contributed by atoms with Crippen LogP contribution in [0.25, 0.3) is 0 Å². The fraction of sp³-hybridized carbons (Fsp3) is 0.350. The molecule has 26 heavy (non-hydrogen) atoms. The molecule has 0 aromatic heterocycles. The smallest absolute Gasteiger partial charge is 0.227 e. The van der Waals surface area contributed by atoms with Crippen LogP contribution in [0.4, 0.5) is 0 Å². The molecule has 4 rings (SSSR count). The SMILES string of the molecule is O=C(Cc1ccc2c(c1)OCCO2)N1CCNCC1c1ccccc1Cl. The molecule has 1 amide bonds. The third-order valence-corrected chi connectivity index (χ3v) is 5.13. The van der Waals surface area contributed by atoms with Crippen LogP contribution in [0.2, 0.25) is 5.02 Å². The normalized spacial score (nSPS) is 19.3. The first kappa shape index (κ1) is 17.2. The summed E-state index contributed by atoms with van der Waals surface area (Å²) >= 11 is 6.37. The standard InChI is InChI=1S/C20H21ClN2O3/c21-16-4-2-1-3-15(16)17-13-22-7-8-23(17)20(24)12-14-5-6-18-19(11-14)26-10-9-25-18/h1-6,11,17,22H,7-10,12-13H2. The second kappa shape index (κ2) is 7.56. The van der Waals surface area contributed by atoms with E-state index in [0.717, 1.165) is 23.4 Å². The van der Waals surface area contributed by atoms with E-state index in [1.165, 1.54) is 0 Å². The van der Waals surface area contributed by atoms with E-state index in [1.807, 2.05) is 47.4 Å². The molecule has 6 heteroatoms. The van der Waals surface area contributed by atoms with E-state index in [9.17, 15) is 4.79 Å². The van der Waals surface area contributed by atoms with Crippen LogP contribution in [0, 0.1) is 0 Å². The maximum absolute atomic E-state index is 13.0. The van der Waals surface area contributed by atoms with E-state index in [0.29, 0.717) is 43.5 Å². The molecule has 1 fully saturated rings. The summed E-state index contributed by atoms with van der Waals surface area (Å²) in [5.74, 6) is 1.54. The first-order valence-corrected chi connectivity index (χ1v) is 9.23. The molecule has 2 heterocycles. The summed E-state index contributed by atoms with van der Waals surface area (Å²) in [5.41, 5.74) is 1.91. The molecule has 0 aliphatic carbocycles. The minimum absolute atomic E-state index is 0.0536. The number of benzene rings is 2. The number of fused-ring (bicyclic) bond motifs is 1. The second-order valence-electron chi connectivity index (χ2n) is 6.48. The van der Waals surface area contributed by atoms with Crippen molar-refractivity contribution in [1.29, 1.82) is 0 Å². The molecule has 136 valence electrons. The van der Waals surface area contributed by atoms with E-state index in [1.54, 1.807) is 0 Å². The van der Waals surface area contributed by atoms with Crippen molar-refractivity contribution in [3.8, 4) is 11.5 Å². The quantitative estimate of drug-likeness (QED) is 0.900. The molecule has 1 atom stereocenters. The van der Waals surface area contributed by atoms with E-state index < -0.39 is 0 Å². The highest BCUT2D eigenvalue weighted by molar-refractivity contribution is 6.31. The summed E-state index contributed by atoms with van der Waals surface area (Å²) in [7, 11) is 0. The van der Waals surface area contributed by atoms with Gasteiger partial charge in [0.25, 0.3) is 0 Å². The highest BCUT2D eigenvalue weighted by Crippen LogP contribution is 2.32. The van der Waals surface area contributed by atoms with E-state index in [-0.39, 0.29) is 11.9 Å². The van der Waals surface area contributed by atoms with Crippen LogP contribution in [0.5, 0.6) is 11.5 Å². The van der Waals surface area contributed by atoms with Gasteiger partial charge in [-0.05, 0) is 29.3 Å². The molecular formula is C20H21ClN2O3. The van der Waals surface area contributed by atoms with E-state index >= 15 is 0 Å². The van der Waals surface area contributed by atoms with Crippen molar-refractivity contribution >= 4 is 17.5 Å². The van der Waals surface area contributed by atoms with Gasteiger partial charge in [-0.1, -0.05) is 35.9 Å². The second-order valence-corrected chi connectivity index (χ2v) is 6.89. The van der Waals surface area contributed by atoms with Gasteiger partial charge >= 0.3 is 0 Å². The monoisotopic (exact) mass is 372 g/mol.